The van der Waals surface area contributed by atoms with Crippen molar-refractivity contribution in [3.8, 4) is 0 Å². The summed E-state index contributed by atoms with van der Waals surface area (Å²) in [6.45, 7) is 5.75. The number of ether oxygens (including phenoxy) is 1. The minimum atomic E-state index is -0.113. The van der Waals surface area contributed by atoms with Gasteiger partial charge < -0.3 is 15.4 Å². The second kappa shape index (κ2) is 5.91. The molecule has 1 fully saturated rings. The lowest BCUT2D eigenvalue weighted by atomic mass is 9.98. The average molecular weight is 263 g/mol. The number of esters is 1. The van der Waals surface area contributed by atoms with E-state index in [0.29, 0.717) is 18.8 Å². The molecule has 1 saturated heterocycles. The number of aryl methyl sites for hydroxylation is 1. The second-order valence-corrected chi connectivity index (χ2v) is 4.90. The predicted octanol–water partition coefficient (Wildman–Crippen LogP) is 1.75. The smallest absolute Gasteiger partial charge is 0.310 e. The number of aromatic nitrogens is 1. The molecule has 1 aromatic heterocycles. The van der Waals surface area contributed by atoms with Gasteiger partial charge in [-0.1, -0.05) is 0 Å². The molecule has 1 aliphatic heterocycles. The van der Waals surface area contributed by atoms with Crippen LogP contribution in [0, 0.1) is 12.8 Å². The zero-order valence-corrected chi connectivity index (χ0v) is 11.6. The normalized spacial score (nSPS) is 19.3. The maximum Gasteiger partial charge on any atom is 0.310 e. The maximum atomic E-state index is 11.8. The Bertz CT molecular complexity index is 462. The standard InChI is InChI=1S/C14H21N3O2/c1-3-19-14(18)11-5-4-8-17(9-11)13-12(15)10(2)6-7-16-13/h6-7,11H,3-5,8-9,15H2,1-2H3. The molecule has 0 bridgehead atoms. The largest absolute Gasteiger partial charge is 0.466 e. The predicted molar refractivity (Wildman–Crippen MR) is 75.0 cm³/mol. The molecule has 104 valence electrons. The number of nitrogen functional groups attached to an aromatic ring is 1. The van der Waals surface area contributed by atoms with Gasteiger partial charge in [-0.2, -0.15) is 0 Å². The zero-order valence-electron chi connectivity index (χ0n) is 11.6. The number of nitrogens with two attached hydrogens (primary N) is 1. The lowest BCUT2D eigenvalue weighted by Crippen LogP contribution is -2.40. The van der Waals surface area contributed by atoms with Crippen molar-refractivity contribution in [2.45, 2.75) is 26.7 Å². The number of pyridine rings is 1. The van der Waals surface area contributed by atoms with Crippen LogP contribution in [0.3, 0.4) is 0 Å². The number of nitrogens with zero attached hydrogens (tertiary/aromatic N) is 2. The van der Waals surface area contributed by atoms with Crippen LogP contribution in [-0.2, 0) is 9.53 Å². The number of anilines is 2. The molecule has 1 aliphatic rings. The zero-order chi connectivity index (χ0) is 13.8. The van der Waals surface area contributed by atoms with Gasteiger partial charge in [-0.25, -0.2) is 4.98 Å². The molecule has 1 unspecified atom stereocenters. The van der Waals surface area contributed by atoms with Crippen molar-refractivity contribution in [3.63, 3.8) is 0 Å². The highest BCUT2D eigenvalue weighted by Gasteiger charge is 2.28. The number of carbonyl (C=O) groups is 1. The van der Waals surface area contributed by atoms with Crippen molar-refractivity contribution in [1.29, 1.82) is 0 Å². The number of carbonyl (C=O) groups excluding carboxylic acids is 1. The fraction of sp³-hybridized carbons (Fsp3) is 0.571. The Kier molecular flexibility index (Phi) is 4.24. The number of hydrogen-bond acceptors (Lipinski definition) is 5. The van der Waals surface area contributed by atoms with E-state index in [0.717, 1.165) is 30.8 Å². The molecule has 2 rings (SSSR count). The Hall–Kier alpha value is -1.78. The topological polar surface area (TPSA) is 68.5 Å². The van der Waals surface area contributed by atoms with Crippen molar-refractivity contribution in [2.75, 3.05) is 30.3 Å². The molecule has 0 aromatic carbocycles. The average Bonchev–Trinajstić information content (AvgIpc) is 2.42. The van der Waals surface area contributed by atoms with E-state index in [1.165, 1.54) is 0 Å². The SMILES string of the molecule is CCOC(=O)C1CCCN(c2nccc(C)c2N)C1. The van der Waals surface area contributed by atoms with Crippen LogP contribution in [-0.4, -0.2) is 30.6 Å². The molecule has 2 N–H and O–H groups in total. The summed E-state index contributed by atoms with van der Waals surface area (Å²) in [4.78, 5) is 18.3. The van der Waals surface area contributed by atoms with Gasteiger partial charge in [-0.05, 0) is 38.3 Å². The van der Waals surface area contributed by atoms with E-state index in [-0.39, 0.29) is 11.9 Å². The summed E-state index contributed by atoms with van der Waals surface area (Å²) in [5.41, 5.74) is 7.79. The summed E-state index contributed by atoms with van der Waals surface area (Å²) in [5, 5.41) is 0. The molecule has 0 radical (unpaired) electrons. The van der Waals surface area contributed by atoms with Gasteiger partial charge in [0.25, 0.3) is 0 Å². The minimum Gasteiger partial charge on any atom is -0.466 e. The Balaban J connectivity index is 2.13. The van der Waals surface area contributed by atoms with Gasteiger partial charge in [-0.15, -0.1) is 0 Å². The molecular weight excluding hydrogens is 242 g/mol. The fourth-order valence-corrected chi connectivity index (χ4v) is 2.43. The van der Waals surface area contributed by atoms with Gasteiger partial charge in [-0.3, -0.25) is 4.79 Å². The lowest BCUT2D eigenvalue weighted by molar-refractivity contribution is -0.148. The van der Waals surface area contributed by atoms with Crippen molar-refractivity contribution in [1.82, 2.24) is 4.98 Å². The van der Waals surface area contributed by atoms with Crippen LogP contribution in [0.25, 0.3) is 0 Å². The third kappa shape index (κ3) is 2.97. The van der Waals surface area contributed by atoms with Crippen molar-refractivity contribution < 1.29 is 9.53 Å². The van der Waals surface area contributed by atoms with E-state index in [2.05, 4.69) is 9.88 Å². The molecule has 1 atom stereocenters. The number of piperidine rings is 1. The van der Waals surface area contributed by atoms with Gasteiger partial charge in [0.15, 0.2) is 5.82 Å². The summed E-state index contributed by atoms with van der Waals surface area (Å²) in [6.07, 6.45) is 3.59. The quantitative estimate of drug-likeness (QED) is 0.841. The van der Waals surface area contributed by atoms with Crippen LogP contribution in [0.15, 0.2) is 12.3 Å². The first-order chi connectivity index (χ1) is 9.13. The summed E-state index contributed by atoms with van der Waals surface area (Å²) in [7, 11) is 0. The first kappa shape index (κ1) is 13.6. The van der Waals surface area contributed by atoms with Crippen LogP contribution < -0.4 is 10.6 Å². The lowest BCUT2D eigenvalue weighted by Gasteiger charge is -2.33. The highest BCUT2D eigenvalue weighted by Crippen LogP contribution is 2.28. The number of rotatable bonds is 3. The molecular formula is C14H21N3O2. The molecule has 2 heterocycles. The van der Waals surface area contributed by atoms with Crippen molar-refractivity contribution in [2.24, 2.45) is 5.92 Å². The summed E-state index contributed by atoms with van der Waals surface area (Å²) < 4.78 is 5.10. The molecule has 0 aliphatic carbocycles. The molecule has 0 amide bonds. The van der Waals surface area contributed by atoms with Crippen molar-refractivity contribution >= 4 is 17.5 Å². The third-order valence-electron chi connectivity index (χ3n) is 3.53. The van der Waals surface area contributed by atoms with Crippen LogP contribution >= 0.6 is 0 Å². The Morgan fingerprint density at radius 3 is 3.16 bits per heavy atom. The molecule has 5 nitrogen and oxygen atoms in total. The highest BCUT2D eigenvalue weighted by atomic mass is 16.5. The Morgan fingerprint density at radius 1 is 1.63 bits per heavy atom. The van der Waals surface area contributed by atoms with Crippen LogP contribution in [0.1, 0.15) is 25.3 Å². The minimum absolute atomic E-state index is 0.0737. The van der Waals surface area contributed by atoms with Crippen LogP contribution in [0.2, 0.25) is 0 Å². The van der Waals surface area contributed by atoms with E-state index in [4.69, 9.17) is 10.5 Å². The Morgan fingerprint density at radius 2 is 2.42 bits per heavy atom. The van der Waals surface area contributed by atoms with Crippen LogP contribution in [0.4, 0.5) is 11.5 Å². The van der Waals surface area contributed by atoms with Gasteiger partial charge in [0.05, 0.1) is 18.2 Å². The summed E-state index contributed by atoms with van der Waals surface area (Å²) in [5.74, 6) is 0.600. The van der Waals surface area contributed by atoms with E-state index < -0.39 is 0 Å². The molecule has 0 saturated carbocycles. The first-order valence-electron chi connectivity index (χ1n) is 6.76. The maximum absolute atomic E-state index is 11.8. The van der Waals surface area contributed by atoms with Gasteiger partial charge in [0.1, 0.15) is 0 Å². The molecule has 1 aromatic rings. The molecule has 0 spiro atoms. The van der Waals surface area contributed by atoms with Gasteiger partial charge in [0.2, 0.25) is 0 Å². The number of hydrogen-bond donors (Lipinski definition) is 1. The third-order valence-corrected chi connectivity index (χ3v) is 3.53. The van der Waals surface area contributed by atoms with E-state index in [1.54, 1.807) is 6.20 Å². The van der Waals surface area contributed by atoms with E-state index in [9.17, 15) is 4.79 Å². The highest BCUT2D eigenvalue weighted by molar-refractivity contribution is 5.74. The van der Waals surface area contributed by atoms with E-state index >= 15 is 0 Å². The van der Waals surface area contributed by atoms with Gasteiger partial charge >= 0.3 is 5.97 Å². The second-order valence-electron chi connectivity index (χ2n) is 4.90. The molecule has 5 heteroatoms. The fourth-order valence-electron chi connectivity index (χ4n) is 2.43. The summed E-state index contributed by atoms with van der Waals surface area (Å²) >= 11 is 0. The van der Waals surface area contributed by atoms with E-state index in [1.807, 2.05) is 19.9 Å². The monoisotopic (exact) mass is 263 g/mol. The van der Waals surface area contributed by atoms with Crippen LogP contribution in [0.5, 0.6) is 0 Å². The molecule has 19 heavy (non-hydrogen) atoms. The van der Waals surface area contributed by atoms with Gasteiger partial charge in [0, 0.05) is 19.3 Å². The summed E-state index contributed by atoms with van der Waals surface area (Å²) in [6, 6.07) is 1.89. The van der Waals surface area contributed by atoms with Crippen molar-refractivity contribution in [3.05, 3.63) is 17.8 Å². The Labute approximate surface area is 113 Å². The first-order valence-corrected chi connectivity index (χ1v) is 6.76.